The van der Waals surface area contributed by atoms with Crippen molar-refractivity contribution in [2.75, 3.05) is 42.4 Å². The van der Waals surface area contributed by atoms with Gasteiger partial charge in [-0.25, -0.2) is 14.8 Å². The largest absolute Gasteiger partial charge is 0.377 e. The standard InChI is InChI=1S/C24H30N8O3S/c1-16-13-35-9-8-31(16)22-10-18(14-36-15-21(25)33)28-23(29-22)17-4-6-19(7-5-17)32(24(34)26-2)20-11-27-30(3)12-20/h4-7,10-12,16H,8-9,13-15H2,1-3H3,(H2,25,33)(H,26,34)/t16-/m0/s1. The van der Waals surface area contributed by atoms with Gasteiger partial charge < -0.3 is 20.7 Å². The summed E-state index contributed by atoms with van der Waals surface area (Å²) in [4.78, 5) is 37.2. The first kappa shape index (κ1) is 25.5. The summed E-state index contributed by atoms with van der Waals surface area (Å²) in [6.45, 7) is 4.09. The lowest BCUT2D eigenvalue weighted by Crippen LogP contribution is -2.44. The molecule has 3 amide bonds. The summed E-state index contributed by atoms with van der Waals surface area (Å²) in [6.07, 6.45) is 3.41. The summed E-state index contributed by atoms with van der Waals surface area (Å²) in [5.74, 6) is 1.78. The number of aromatic nitrogens is 4. The number of urea groups is 1. The maximum Gasteiger partial charge on any atom is 0.326 e. The molecule has 0 bridgehead atoms. The number of nitrogens with zero attached hydrogens (tertiary/aromatic N) is 6. The lowest BCUT2D eigenvalue weighted by Gasteiger charge is -2.34. The van der Waals surface area contributed by atoms with E-state index in [0.29, 0.717) is 36.2 Å². The van der Waals surface area contributed by atoms with Gasteiger partial charge >= 0.3 is 6.03 Å². The summed E-state index contributed by atoms with van der Waals surface area (Å²) in [7, 11) is 3.39. The van der Waals surface area contributed by atoms with E-state index in [1.807, 2.05) is 30.3 Å². The molecule has 4 rings (SSSR count). The quantitative estimate of drug-likeness (QED) is 0.472. The highest BCUT2D eigenvalue weighted by molar-refractivity contribution is 7.99. The topological polar surface area (TPSA) is 132 Å². The Morgan fingerprint density at radius 1 is 1.25 bits per heavy atom. The number of amides is 3. The zero-order chi connectivity index (χ0) is 25.7. The van der Waals surface area contributed by atoms with Crippen LogP contribution in [0.2, 0.25) is 0 Å². The van der Waals surface area contributed by atoms with Crippen molar-refractivity contribution < 1.29 is 14.3 Å². The third kappa shape index (κ3) is 5.94. The molecule has 11 nitrogen and oxygen atoms in total. The van der Waals surface area contributed by atoms with Gasteiger partial charge in [-0.2, -0.15) is 5.10 Å². The number of primary amides is 1. The molecule has 0 radical (unpaired) electrons. The summed E-state index contributed by atoms with van der Waals surface area (Å²) >= 11 is 1.42. The first-order valence-electron chi connectivity index (χ1n) is 11.5. The van der Waals surface area contributed by atoms with Crippen molar-refractivity contribution in [3.05, 3.63) is 48.4 Å². The molecule has 1 aromatic carbocycles. The normalized spacial score (nSPS) is 15.5. The van der Waals surface area contributed by atoms with Gasteiger partial charge in [-0.15, -0.1) is 11.8 Å². The van der Waals surface area contributed by atoms with Crippen molar-refractivity contribution in [2.45, 2.75) is 18.7 Å². The van der Waals surface area contributed by atoms with Crippen LogP contribution in [0.3, 0.4) is 0 Å². The van der Waals surface area contributed by atoms with E-state index in [1.54, 1.807) is 36.1 Å². The van der Waals surface area contributed by atoms with Gasteiger partial charge in [0, 0.05) is 44.2 Å². The van der Waals surface area contributed by atoms with Crippen LogP contribution in [0.4, 0.5) is 22.0 Å². The molecular weight excluding hydrogens is 480 g/mol. The molecule has 0 aliphatic carbocycles. The highest BCUT2D eigenvalue weighted by atomic mass is 32.2. The van der Waals surface area contributed by atoms with Crippen LogP contribution < -0.4 is 20.9 Å². The molecule has 36 heavy (non-hydrogen) atoms. The van der Waals surface area contributed by atoms with E-state index in [1.165, 1.54) is 11.8 Å². The molecular formula is C24H30N8O3S. The Balaban J connectivity index is 1.66. The number of aryl methyl sites for hydroxylation is 1. The van der Waals surface area contributed by atoms with E-state index in [9.17, 15) is 9.59 Å². The summed E-state index contributed by atoms with van der Waals surface area (Å²) in [6, 6.07) is 9.36. The van der Waals surface area contributed by atoms with Crippen molar-refractivity contribution in [1.82, 2.24) is 25.1 Å². The Hall–Kier alpha value is -3.64. The molecule has 2 aromatic heterocycles. The minimum atomic E-state index is -0.360. The molecule has 1 aliphatic rings. The molecule has 1 aliphatic heterocycles. The Bertz CT molecular complexity index is 1220. The first-order valence-corrected chi connectivity index (χ1v) is 12.7. The molecule has 1 saturated heterocycles. The lowest BCUT2D eigenvalue weighted by molar-refractivity contribution is -0.115. The fourth-order valence-electron chi connectivity index (χ4n) is 3.94. The van der Waals surface area contributed by atoms with Gasteiger partial charge in [0.25, 0.3) is 0 Å². The number of nitrogens with two attached hydrogens (primary N) is 1. The second kappa shape index (κ2) is 11.4. The Labute approximate surface area is 214 Å². The average molecular weight is 511 g/mol. The molecule has 190 valence electrons. The molecule has 0 spiro atoms. The maximum atomic E-state index is 12.6. The number of carbonyl (C=O) groups is 2. The van der Waals surface area contributed by atoms with Crippen LogP contribution in [0.15, 0.2) is 42.7 Å². The SMILES string of the molecule is CNC(=O)N(c1ccc(-c2nc(CSCC(N)=O)cc(N3CCOC[C@@H]3C)n2)cc1)c1cnn(C)c1. The lowest BCUT2D eigenvalue weighted by atomic mass is 10.1. The number of hydrogen-bond donors (Lipinski definition) is 2. The van der Waals surface area contributed by atoms with Gasteiger partial charge in [-0.3, -0.25) is 14.4 Å². The van der Waals surface area contributed by atoms with Crippen molar-refractivity contribution >= 4 is 40.9 Å². The number of ether oxygens (including phenoxy) is 1. The fourth-order valence-corrected chi connectivity index (χ4v) is 4.60. The van der Waals surface area contributed by atoms with Crippen LogP contribution in [-0.2, 0) is 22.3 Å². The predicted octanol–water partition coefficient (Wildman–Crippen LogP) is 2.30. The van der Waals surface area contributed by atoms with Crippen LogP contribution in [0, 0.1) is 0 Å². The van der Waals surface area contributed by atoms with Gasteiger partial charge in [-0.1, -0.05) is 0 Å². The Morgan fingerprint density at radius 2 is 2.03 bits per heavy atom. The van der Waals surface area contributed by atoms with Crippen LogP contribution in [0.1, 0.15) is 12.6 Å². The van der Waals surface area contributed by atoms with Gasteiger partial charge in [0.1, 0.15) is 5.82 Å². The molecule has 0 saturated carbocycles. The maximum absolute atomic E-state index is 12.6. The van der Waals surface area contributed by atoms with E-state index >= 15 is 0 Å². The van der Waals surface area contributed by atoms with Crippen molar-refractivity contribution in [3.63, 3.8) is 0 Å². The Kier molecular flexibility index (Phi) is 8.06. The van der Waals surface area contributed by atoms with Crippen molar-refractivity contribution in [3.8, 4) is 11.4 Å². The zero-order valence-electron chi connectivity index (χ0n) is 20.5. The summed E-state index contributed by atoms with van der Waals surface area (Å²) in [5.41, 5.74) is 8.26. The Morgan fingerprint density at radius 3 is 2.67 bits per heavy atom. The highest BCUT2D eigenvalue weighted by Crippen LogP contribution is 2.29. The number of rotatable bonds is 8. The monoisotopic (exact) mass is 510 g/mol. The number of nitrogens with one attached hydrogen (secondary N) is 1. The summed E-state index contributed by atoms with van der Waals surface area (Å²) in [5, 5.41) is 6.86. The van der Waals surface area contributed by atoms with E-state index in [0.717, 1.165) is 23.6 Å². The number of hydrogen-bond acceptors (Lipinski definition) is 8. The average Bonchev–Trinajstić information content (AvgIpc) is 3.30. The van der Waals surface area contributed by atoms with Gasteiger partial charge in [-0.05, 0) is 31.2 Å². The third-order valence-electron chi connectivity index (χ3n) is 5.67. The number of morpholine rings is 1. The van der Waals surface area contributed by atoms with Crippen LogP contribution in [-0.4, -0.2) is 70.3 Å². The van der Waals surface area contributed by atoms with Crippen molar-refractivity contribution in [2.24, 2.45) is 12.8 Å². The molecule has 3 heterocycles. The molecule has 1 atom stereocenters. The summed E-state index contributed by atoms with van der Waals surface area (Å²) < 4.78 is 7.23. The van der Waals surface area contributed by atoms with E-state index in [4.69, 9.17) is 20.4 Å². The molecule has 1 fully saturated rings. The van der Waals surface area contributed by atoms with Gasteiger partial charge in [0.2, 0.25) is 5.91 Å². The smallest absolute Gasteiger partial charge is 0.326 e. The highest BCUT2D eigenvalue weighted by Gasteiger charge is 2.23. The number of carbonyl (C=O) groups excluding carboxylic acids is 2. The van der Waals surface area contributed by atoms with Gasteiger partial charge in [0.05, 0.1) is 48.3 Å². The number of anilines is 3. The fraction of sp³-hybridized carbons (Fsp3) is 0.375. The van der Waals surface area contributed by atoms with Gasteiger partial charge in [0.15, 0.2) is 5.82 Å². The van der Waals surface area contributed by atoms with Crippen LogP contribution in [0.5, 0.6) is 0 Å². The molecule has 12 heteroatoms. The third-order valence-corrected chi connectivity index (χ3v) is 6.66. The second-order valence-corrected chi connectivity index (χ2v) is 9.41. The van der Waals surface area contributed by atoms with E-state index < -0.39 is 0 Å². The zero-order valence-corrected chi connectivity index (χ0v) is 21.4. The van der Waals surface area contributed by atoms with Crippen LogP contribution in [0.25, 0.3) is 11.4 Å². The number of thioether (sulfide) groups is 1. The minimum absolute atomic E-state index is 0.176. The van der Waals surface area contributed by atoms with Crippen molar-refractivity contribution in [1.29, 1.82) is 0 Å². The van der Waals surface area contributed by atoms with E-state index in [2.05, 4.69) is 22.2 Å². The first-order chi connectivity index (χ1) is 17.4. The number of benzene rings is 1. The van der Waals surface area contributed by atoms with Crippen LogP contribution >= 0.6 is 11.8 Å². The predicted molar refractivity (Wildman–Crippen MR) is 140 cm³/mol. The molecule has 3 aromatic rings. The molecule has 0 unspecified atom stereocenters. The van der Waals surface area contributed by atoms with E-state index in [-0.39, 0.29) is 23.7 Å². The molecule has 3 N–H and O–H groups in total. The minimum Gasteiger partial charge on any atom is -0.377 e. The second-order valence-electron chi connectivity index (χ2n) is 8.43.